The van der Waals surface area contributed by atoms with Crippen LogP contribution in [0.25, 0.3) is 0 Å². The zero-order valence-corrected chi connectivity index (χ0v) is 13.0. The van der Waals surface area contributed by atoms with Crippen LogP contribution in [0.15, 0.2) is 18.2 Å². The molecule has 7 heteroatoms. The van der Waals surface area contributed by atoms with Gasteiger partial charge in [0.25, 0.3) is 0 Å². The second-order valence-electron chi connectivity index (χ2n) is 4.35. The lowest BCUT2D eigenvalue weighted by Crippen LogP contribution is -2.33. The van der Waals surface area contributed by atoms with Crippen LogP contribution in [0.5, 0.6) is 0 Å². The van der Waals surface area contributed by atoms with Crippen LogP contribution in [0.1, 0.15) is 18.1 Å². The van der Waals surface area contributed by atoms with E-state index in [1.54, 1.807) is 25.1 Å². The minimum absolute atomic E-state index is 0.254. The number of carbonyl (C=O) groups excluding carboxylic acids is 1. The van der Waals surface area contributed by atoms with E-state index in [0.717, 1.165) is 12.7 Å². The van der Waals surface area contributed by atoms with Crippen LogP contribution in [0.4, 0.5) is 5.69 Å². The van der Waals surface area contributed by atoms with Crippen molar-refractivity contribution < 1.29 is 17.9 Å². The first kappa shape index (κ1) is 17.0. The maximum Gasteiger partial charge on any atom is 0.325 e. The first-order valence-corrected chi connectivity index (χ1v) is 7.75. The number of ether oxygens (including phenoxy) is 1. The van der Waals surface area contributed by atoms with Crippen molar-refractivity contribution in [1.29, 1.82) is 0 Å². The summed E-state index contributed by atoms with van der Waals surface area (Å²) in [6, 6.07) is 5.01. The molecule has 0 saturated carbocycles. The molecule has 0 fully saturated rings. The van der Waals surface area contributed by atoms with Gasteiger partial charge in [0.05, 0.1) is 19.3 Å². The van der Waals surface area contributed by atoms with Crippen molar-refractivity contribution in [3.63, 3.8) is 0 Å². The molecule has 0 aliphatic carbocycles. The fraction of sp³-hybridized carbons (Fsp3) is 0.357. The summed E-state index contributed by atoms with van der Waals surface area (Å²) < 4.78 is 30.9. The standard InChI is InChI=1S/C14H18N2O4S/c1-10-9-12(5-4-8-15)6-7-13(10)16-21(18,19)11(2)14(17)20-3/h6-7,9,11,16H,8,15H2,1-3H3. The van der Waals surface area contributed by atoms with Gasteiger partial charge in [-0.1, -0.05) is 11.8 Å². The summed E-state index contributed by atoms with van der Waals surface area (Å²) in [6.07, 6.45) is 0. The van der Waals surface area contributed by atoms with Crippen molar-refractivity contribution >= 4 is 21.7 Å². The van der Waals surface area contributed by atoms with E-state index in [0.29, 0.717) is 11.3 Å². The van der Waals surface area contributed by atoms with E-state index in [4.69, 9.17) is 5.73 Å². The van der Waals surface area contributed by atoms with E-state index in [1.807, 2.05) is 0 Å². The highest BCUT2D eigenvalue weighted by atomic mass is 32.2. The first-order valence-electron chi connectivity index (χ1n) is 6.21. The summed E-state index contributed by atoms with van der Waals surface area (Å²) in [4.78, 5) is 11.3. The summed E-state index contributed by atoms with van der Waals surface area (Å²) in [5.41, 5.74) is 7.12. The van der Waals surface area contributed by atoms with Gasteiger partial charge in [0, 0.05) is 5.56 Å². The highest BCUT2D eigenvalue weighted by Crippen LogP contribution is 2.19. The van der Waals surface area contributed by atoms with Gasteiger partial charge < -0.3 is 10.5 Å². The molecule has 3 N–H and O–H groups in total. The largest absolute Gasteiger partial charge is 0.468 e. The van der Waals surface area contributed by atoms with Crippen molar-refractivity contribution in [2.75, 3.05) is 18.4 Å². The molecule has 0 bridgehead atoms. The Morgan fingerprint density at radius 1 is 1.48 bits per heavy atom. The quantitative estimate of drug-likeness (QED) is 0.627. The van der Waals surface area contributed by atoms with Crippen molar-refractivity contribution in [1.82, 2.24) is 0 Å². The van der Waals surface area contributed by atoms with Gasteiger partial charge >= 0.3 is 5.97 Å². The number of sulfonamides is 1. The average Bonchev–Trinajstić information content (AvgIpc) is 2.45. The van der Waals surface area contributed by atoms with Gasteiger partial charge in [0.1, 0.15) is 0 Å². The first-order chi connectivity index (χ1) is 9.81. The molecule has 6 nitrogen and oxygen atoms in total. The molecule has 0 saturated heterocycles. The minimum Gasteiger partial charge on any atom is -0.468 e. The zero-order chi connectivity index (χ0) is 16.0. The van der Waals surface area contributed by atoms with Gasteiger partial charge in [0.2, 0.25) is 10.0 Å². The topological polar surface area (TPSA) is 98.5 Å². The van der Waals surface area contributed by atoms with E-state index >= 15 is 0 Å². The van der Waals surface area contributed by atoms with Crippen LogP contribution in [0.2, 0.25) is 0 Å². The Morgan fingerprint density at radius 3 is 2.67 bits per heavy atom. The number of carbonyl (C=O) groups is 1. The number of rotatable bonds is 4. The SMILES string of the molecule is COC(=O)C(C)S(=O)(=O)Nc1ccc(C#CCN)cc1C. The van der Waals surface area contributed by atoms with Crippen molar-refractivity contribution in [2.45, 2.75) is 19.1 Å². The Labute approximate surface area is 124 Å². The molecule has 1 unspecified atom stereocenters. The summed E-state index contributed by atoms with van der Waals surface area (Å²) in [7, 11) is -2.71. The number of nitrogens with two attached hydrogens (primary N) is 1. The maximum absolute atomic E-state index is 12.1. The van der Waals surface area contributed by atoms with Crippen molar-refractivity contribution in [3.8, 4) is 11.8 Å². The van der Waals surface area contributed by atoms with Crippen LogP contribution in [-0.2, 0) is 19.6 Å². The Kier molecular flexibility index (Phi) is 5.76. The lowest BCUT2D eigenvalue weighted by Gasteiger charge is -2.14. The second-order valence-corrected chi connectivity index (χ2v) is 6.35. The van der Waals surface area contributed by atoms with E-state index < -0.39 is 21.2 Å². The molecular formula is C14H18N2O4S. The zero-order valence-electron chi connectivity index (χ0n) is 12.1. The normalized spacial score (nSPS) is 12.0. The van der Waals surface area contributed by atoms with Crippen molar-refractivity contribution in [2.24, 2.45) is 5.73 Å². The van der Waals surface area contributed by atoms with Gasteiger partial charge in [0.15, 0.2) is 5.25 Å². The Balaban J connectivity index is 3.01. The number of aryl methyl sites for hydroxylation is 1. The molecule has 0 heterocycles. The molecule has 1 aromatic carbocycles. The van der Waals surface area contributed by atoms with Crippen LogP contribution in [0, 0.1) is 18.8 Å². The smallest absolute Gasteiger partial charge is 0.325 e. The Morgan fingerprint density at radius 2 is 2.14 bits per heavy atom. The van der Waals surface area contributed by atoms with Crippen LogP contribution in [0.3, 0.4) is 0 Å². The number of nitrogens with one attached hydrogen (secondary N) is 1. The predicted octanol–water partition coefficient (Wildman–Crippen LogP) is 0.608. The van der Waals surface area contributed by atoms with Gasteiger partial charge in [-0.25, -0.2) is 8.42 Å². The number of anilines is 1. The molecule has 0 aliphatic rings. The number of methoxy groups -OCH3 is 1. The molecule has 21 heavy (non-hydrogen) atoms. The maximum atomic E-state index is 12.1. The number of esters is 1. The van der Waals surface area contributed by atoms with Crippen LogP contribution >= 0.6 is 0 Å². The molecule has 0 spiro atoms. The Bertz CT molecular complexity index is 687. The van der Waals surface area contributed by atoms with Gasteiger partial charge in [-0.2, -0.15) is 0 Å². The van der Waals surface area contributed by atoms with Crippen molar-refractivity contribution in [3.05, 3.63) is 29.3 Å². The average molecular weight is 310 g/mol. The van der Waals surface area contributed by atoms with Crippen LogP contribution in [-0.4, -0.2) is 33.3 Å². The number of benzene rings is 1. The molecular weight excluding hydrogens is 292 g/mol. The molecule has 0 radical (unpaired) electrons. The fourth-order valence-electron chi connectivity index (χ4n) is 1.54. The lowest BCUT2D eigenvalue weighted by atomic mass is 10.1. The summed E-state index contributed by atoms with van der Waals surface area (Å²) in [6.45, 7) is 3.27. The molecule has 0 aliphatic heterocycles. The summed E-state index contributed by atoms with van der Waals surface area (Å²) >= 11 is 0. The van der Waals surface area contributed by atoms with Crippen LogP contribution < -0.4 is 10.5 Å². The lowest BCUT2D eigenvalue weighted by molar-refractivity contribution is -0.139. The molecule has 1 rings (SSSR count). The van der Waals surface area contributed by atoms with E-state index in [-0.39, 0.29) is 6.54 Å². The third-order valence-electron chi connectivity index (χ3n) is 2.81. The number of hydrogen-bond acceptors (Lipinski definition) is 5. The van der Waals surface area contributed by atoms with Gasteiger partial charge in [-0.3, -0.25) is 9.52 Å². The predicted molar refractivity (Wildman–Crippen MR) is 81.1 cm³/mol. The highest BCUT2D eigenvalue weighted by molar-refractivity contribution is 7.94. The molecule has 114 valence electrons. The molecule has 0 amide bonds. The molecule has 0 aromatic heterocycles. The third-order valence-corrected chi connectivity index (χ3v) is 4.44. The Hall–Kier alpha value is -2.04. The minimum atomic E-state index is -3.86. The van der Waals surface area contributed by atoms with E-state index in [9.17, 15) is 13.2 Å². The van der Waals surface area contributed by atoms with E-state index in [1.165, 1.54) is 6.92 Å². The summed E-state index contributed by atoms with van der Waals surface area (Å²) in [5, 5.41) is -1.29. The fourth-order valence-corrected chi connectivity index (χ4v) is 2.61. The second kappa shape index (κ2) is 7.11. The molecule has 1 atom stereocenters. The number of hydrogen-bond donors (Lipinski definition) is 2. The highest BCUT2D eigenvalue weighted by Gasteiger charge is 2.29. The van der Waals surface area contributed by atoms with E-state index in [2.05, 4.69) is 21.3 Å². The van der Waals surface area contributed by atoms with Gasteiger partial charge in [-0.15, -0.1) is 0 Å². The third kappa shape index (κ3) is 4.48. The monoisotopic (exact) mass is 310 g/mol. The summed E-state index contributed by atoms with van der Waals surface area (Å²) in [5.74, 6) is 4.76. The molecule has 1 aromatic rings. The van der Waals surface area contributed by atoms with Gasteiger partial charge in [-0.05, 0) is 37.6 Å².